The summed E-state index contributed by atoms with van der Waals surface area (Å²) in [7, 11) is 1.65. The van der Waals surface area contributed by atoms with Crippen LogP contribution in [0.1, 0.15) is 48.5 Å². The minimum absolute atomic E-state index is 0.0597. The number of pyridine rings is 1. The molecule has 0 spiro atoms. The second kappa shape index (κ2) is 9.34. The molecule has 3 atom stereocenters. The highest BCUT2D eigenvalue weighted by atomic mass is 16.5. The van der Waals surface area contributed by atoms with Gasteiger partial charge in [-0.15, -0.1) is 10.2 Å². The van der Waals surface area contributed by atoms with Crippen molar-refractivity contribution in [2.45, 2.75) is 50.3 Å². The predicted octanol–water partition coefficient (Wildman–Crippen LogP) is 1.45. The highest BCUT2D eigenvalue weighted by molar-refractivity contribution is 5.94. The average molecular weight is 412 g/mol. The standard InChI is InChI=1S/C21H28N6O3/c1-30-19-12-16(2-3-18(19)25-20(28)15-4-8-22-9-5-15)21(29)26-10-6-17(7-11-26)27-13-23-24-14-27/h4-5,8-9,13-14,16-19H,2-3,6-7,10-12H2,1H3,(H,25,28)/t16-,18-,19-/m0/s1. The summed E-state index contributed by atoms with van der Waals surface area (Å²) in [4.78, 5) is 31.5. The zero-order valence-electron chi connectivity index (χ0n) is 17.2. The molecular formula is C21H28N6O3. The van der Waals surface area contributed by atoms with E-state index in [4.69, 9.17) is 4.74 Å². The average Bonchev–Trinajstić information content (AvgIpc) is 3.34. The first-order valence-electron chi connectivity index (χ1n) is 10.5. The Morgan fingerprint density at radius 2 is 1.77 bits per heavy atom. The fraction of sp³-hybridized carbons (Fsp3) is 0.571. The summed E-state index contributed by atoms with van der Waals surface area (Å²) in [6, 6.07) is 3.64. The lowest BCUT2D eigenvalue weighted by atomic mass is 9.82. The third-order valence-corrected chi connectivity index (χ3v) is 6.34. The van der Waals surface area contributed by atoms with Gasteiger partial charge in [0, 0.05) is 50.1 Å². The monoisotopic (exact) mass is 412 g/mol. The maximum atomic E-state index is 13.1. The smallest absolute Gasteiger partial charge is 0.251 e. The molecule has 2 amide bonds. The van der Waals surface area contributed by atoms with E-state index in [0.29, 0.717) is 18.0 Å². The van der Waals surface area contributed by atoms with Crippen LogP contribution in [-0.2, 0) is 9.53 Å². The van der Waals surface area contributed by atoms with Crippen LogP contribution in [0.5, 0.6) is 0 Å². The third-order valence-electron chi connectivity index (χ3n) is 6.34. The third kappa shape index (κ3) is 4.51. The number of amides is 2. The van der Waals surface area contributed by atoms with E-state index in [2.05, 4.69) is 20.5 Å². The number of methoxy groups -OCH3 is 1. The molecule has 2 aromatic heterocycles. The van der Waals surface area contributed by atoms with Gasteiger partial charge in [0.15, 0.2) is 0 Å². The zero-order chi connectivity index (χ0) is 20.9. The van der Waals surface area contributed by atoms with Crippen molar-refractivity contribution in [2.75, 3.05) is 20.2 Å². The minimum Gasteiger partial charge on any atom is -0.379 e. The molecule has 1 N–H and O–H groups in total. The predicted molar refractivity (Wildman–Crippen MR) is 109 cm³/mol. The first-order valence-corrected chi connectivity index (χ1v) is 10.5. The molecule has 0 aromatic carbocycles. The first kappa shape index (κ1) is 20.5. The molecule has 9 nitrogen and oxygen atoms in total. The summed E-state index contributed by atoms with van der Waals surface area (Å²) in [6.07, 6.45) is 10.4. The van der Waals surface area contributed by atoms with Crippen LogP contribution in [0.25, 0.3) is 0 Å². The number of rotatable bonds is 5. The van der Waals surface area contributed by atoms with Crippen LogP contribution < -0.4 is 5.32 Å². The van der Waals surface area contributed by atoms with Crippen LogP contribution in [0, 0.1) is 5.92 Å². The van der Waals surface area contributed by atoms with E-state index >= 15 is 0 Å². The van der Waals surface area contributed by atoms with Gasteiger partial charge < -0.3 is 19.5 Å². The number of carbonyl (C=O) groups excluding carboxylic acids is 2. The normalized spacial score (nSPS) is 25.1. The number of nitrogens with one attached hydrogen (secondary N) is 1. The summed E-state index contributed by atoms with van der Waals surface area (Å²) >= 11 is 0. The lowest BCUT2D eigenvalue weighted by Gasteiger charge is -2.39. The van der Waals surface area contributed by atoms with Gasteiger partial charge in [0.05, 0.1) is 12.1 Å². The van der Waals surface area contributed by atoms with Crippen molar-refractivity contribution in [3.63, 3.8) is 0 Å². The van der Waals surface area contributed by atoms with Gasteiger partial charge in [-0.1, -0.05) is 0 Å². The topological polar surface area (TPSA) is 102 Å². The molecule has 160 valence electrons. The molecule has 1 aliphatic carbocycles. The van der Waals surface area contributed by atoms with Crippen LogP contribution >= 0.6 is 0 Å². The van der Waals surface area contributed by atoms with E-state index in [9.17, 15) is 9.59 Å². The Kier molecular flexibility index (Phi) is 6.37. The molecule has 0 bridgehead atoms. The maximum Gasteiger partial charge on any atom is 0.251 e. The van der Waals surface area contributed by atoms with E-state index in [0.717, 1.165) is 38.8 Å². The first-order chi connectivity index (χ1) is 14.7. The van der Waals surface area contributed by atoms with Gasteiger partial charge in [0.25, 0.3) is 5.91 Å². The molecule has 0 unspecified atom stereocenters. The molecule has 1 saturated carbocycles. The second-order valence-corrected chi connectivity index (χ2v) is 8.07. The highest BCUT2D eigenvalue weighted by Gasteiger charge is 2.37. The highest BCUT2D eigenvalue weighted by Crippen LogP contribution is 2.30. The van der Waals surface area contributed by atoms with Gasteiger partial charge in [-0.05, 0) is 44.2 Å². The van der Waals surface area contributed by atoms with E-state index in [1.807, 2.05) is 9.47 Å². The molecule has 1 aliphatic heterocycles. The van der Waals surface area contributed by atoms with Crippen molar-refractivity contribution in [1.29, 1.82) is 0 Å². The Bertz CT molecular complexity index is 836. The van der Waals surface area contributed by atoms with Crippen LogP contribution in [-0.4, -0.2) is 68.8 Å². The van der Waals surface area contributed by atoms with Crippen molar-refractivity contribution < 1.29 is 14.3 Å². The molecule has 0 radical (unpaired) electrons. The summed E-state index contributed by atoms with van der Waals surface area (Å²) < 4.78 is 7.69. The lowest BCUT2D eigenvalue weighted by Crippen LogP contribution is -2.51. The van der Waals surface area contributed by atoms with Gasteiger partial charge in [0.2, 0.25) is 5.91 Å². The molecule has 30 heavy (non-hydrogen) atoms. The van der Waals surface area contributed by atoms with Crippen LogP contribution in [0.3, 0.4) is 0 Å². The van der Waals surface area contributed by atoms with Crippen molar-refractivity contribution in [2.24, 2.45) is 5.92 Å². The Morgan fingerprint density at radius 1 is 1.07 bits per heavy atom. The molecular weight excluding hydrogens is 384 g/mol. The van der Waals surface area contributed by atoms with Crippen molar-refractivity contribution >= 4 is 11.8 Å². The fourth-order valence-electron chi connectivity index (χ4n) is 4.57. The molecule has 2 fully saturated rings. The number of hydrogen-bond acceptors (Lipinski definition) is 6. The molecule has 3 heterocycles. The van der Waals surface area contributed by atoms with Crippen molar-refractivity contribution in [1.82, 2.24) is 30.0 Å². The Balaban J connectivity index is 1.30. The number of piperidine rings is 1. The molecule has 2 aliphatic rings. The largest absolute Gasteiger partial charge is 0.379 e. The van der Waals surface area contributed by atoms with Gasteiger partial charge >= 0.3 is 0 Å². The summed E-state index contributed by atoms with van der Waals surface area (Å²) in [5.74, 6) is 0.0129. The summed E-state index contributed by atoms with van der Waals surface area (Å²) in [5.41, 5.74) is 0.578. The Morgan fingerprint density at radius 3 is 2.43 bits per heavy atom. The summed E-state index contributed by atoms with van der Waals surface area (Å²) in [6.45, 7) is 1.50. The second-order valence-electron chi connectivity index (χ2n) is 8.07. The SMILES string of the molecule is CO[C@H]1C[C@@H](C(=O)N2CCC(n3cnnc3)CC2)CC[C@@H]1NC(=O)c1ccncc1. The fourth-order valence-corrected chi connectivity index (χ4v) is 4.57. The number of aromatic nitrogens is 4. The Hall–Kier alpha value is -2.81. The summed E-state index contributed by atoms with van der Waals surface area (Å²) in [5, 5.41) is 10.8. The van der Waals surface area contributed by atoms with Crippen molar-refractivity contribution in [3.05, 3.63) is 42.7 Å². The quantitative estimate of drug-likeness (QED) is 0.798. The van der Waals surface area contributed by atoms with E-state index in [-0.39, 0.29) is 29.9 Å². The van der Waals surface area contributed by atoms with Crippen molar-refractivity contribution in [3.8, 4) is 0 Å². The molecule has 2 aromatic rings. The van der Waals surface area contributed by atoms with E-state index in [1.165, 1.54) is 0 Å². The Labute approximate surface area is 175 Å². The van der Waals surface area contributed by atoms with Gasteiger partial charge in [0.1, 0.15) is 12.7 Å². The number of likely N-dealkylation sites (tertiary alicyclic amines) is 1. The lowest BCUT2D eigenvalue weighted by molar-refractivity contribution is -0.140. The number of carbonyl (C=O) groups is 2. The number of nitrogens with zero attached hydrogens (tertiary/aromatic N) is 5. The minimum atomic E-state index is -0.173. The van der Waals surface area contributed by atoms with E-state index < -0.39 is 0 Å². The van der Waals surface area contributed by atoms with E-state index in [1.54, 1.807) is 44.3 Å². The number of ether oxygens (including phenoxy) is 1. The molecule has 9 heteroatoms. The van der Waals surface area contributed by atoms with Gasteiger partial charge in [-0.25, -0.2) is 0 Å². The van der Waals surface area contributed by atoms with Crippen LogP contribution in [0.15, 0.2) is 37.2 Å². The number of hydrogen-bond donors (Lipinski definition) is 1. The maximum absolute atomic E-state index is 13.1. The van der Waals surface area contributed by atoms with Crippen LogP contribution in [0.2, 0.25) is 0 Å². The molecule has 1 saturated heterocycles. The van der Waals surface area contributed by atoms with Gasteiger partial charge in [-0.3, -0.25) is 14.6 Å². The van der Waals surface area contributed by atoms with Gasteiger partial charge in [-0.2, -0.15) is 0 Å². The molecule has 4 rings (SSSR count). The zero-order valence-corrected chi connectivity index (χ0v) is 17.2. The van der Waals surface area contributed by atoms with Crippen LogP contribution in [0.4, 0.5) is 0 Å².